The number of hydrogen-bond donors (Lipinski definition) is 3. The molecule has 6 nitrogen and oxygen atoms in total. The molecule has 0 saturated carbocycles. The molecule has 3 aromatic rings. The number of rotatable bonds is 6. The summed E-state index contributed by atoms with van der Waals surface area (Å²) in [6.07, 6.45) is 2.07. The van der Waals surface area contributed by atoms with Crippen molar-refractivity contribution in [3.05, 3.63) is 65.3 Å². The predicted molar refractivity (Wildman–Crippen MR) is 108 cm³/mol. The molecule has 0 radical (unpaired) electrons. The second kappa shape index (κ2) is 8.51. The summed E-state index contributed by atoms with van der Waals surface area (Å²) < 4.78 is 0. The van der Waals surface area contributed by atoms with Crippen LogP contribution in [0.2, 0.25) is 5.02 Å². The van der Waals surface area contributed by atoms with Crippen molar-refractivity contribution in [3.8, 4) is 0 Å². The molecule has 0 unspecified atom stereocenters. The highest BCUT2D eigenvalue weighted by Crippen LogP contribution is 2.20. The summed E-state index contributed by atoms with van der Waals surface area (Å²) in [7, 11) is 0. The molecule has 0 bridgehead atoms. The lowest BCUT2D eigenvalue weighted by atomic mass is 10.1. The molecular formula is C20H19ClN4O2. The van der Waals surface area contributed by atoms with Crippen molar-refractivity contribution in [2.45, 2.75) is 19.8 Å². The number of nitrogens with one attached hydrogen (secondary N) is 3. The topological polar surface area (TPSA) is 86.3 Å². The van der Waals surface area contributed by atoms with E-state index in [9.17, 15) is 9.59 Å². The Morgan fingerprint density at radius 3 is 2.63 bits per heavy atom. The molecule has 0 aliphatic rings. The van der Waals surface area contributed by atoms with Crippen LogP contribution in [0.1, 0.15) is 18.9 Å². The summed E-state index contributed by atoms with van der Waals surface area (Å²) in [6.45, 7) is 1.68. The van der Waals surface area contributed by atoms with Crippen molar-refractivity contribution >= 4 is 45.7 Å². The van der Waals surface area contributed by atoms with E-state index in [2.05, 4.69) is 20.8 Å². The Kier molecular flexibility index (Phi) is 5.88. The second-order valence-corrected chi connectivity index (χ2v) is 6.53. The average Bonchev–Trinajstić information content (AvgIpc) is 3.05. The minimum atomic E-state index is -0.254. The minimum Gasteiger partial charge on any atom is -0.361 e. The molecule has 0 aliphatic carbocycles. The van der Waals surface area contributed by atoms with E-state index in [0.29, 0.717) is 16.4 Å². The molecule has 3 N–H and O–H groups in total. The predicted octanol–water partition coefficient (Wildman–Crippen LogP) is 3.88. The molecule has 2 aromatic carbocycles. The first-order chi connectivity index (χ1) is 13.0. The number of benzene rings is 2. The van der Waals surface area contributed by atoms with E-state index in [1.807, 2.05) is 30.5 Å². The van der Waals surface area contributed by atoms with Gasteiger partial charge in [-0.1, -0.05) is 41.9 Å². The highest BCUT2D eigenvalue weighted by Gasteiger charge is 2.10. The van der Waals surface area contributed by atoms with Crippen LogP contribution in [0.4, 0.5) is 5.69 Å². The number of carbonyl (C=O) groups excluding carboxylic acids is 2. The number of aromatic amines is 1. The molecule has 1 heterocycles. The number of fused-ring (bicyclic) bond motifs is 1. The molecule has 0 aliphatic heterocycles. The molecule has 7 heteroatoms. The van der Waals surface area contributed by atoms with E-state index in [4.69, 9.17) is 11.6 Å². The van der Waals surface area contributed by atoms with Crippen LogP contribution in [0.25, 0.3) is 10.9 Å². The van der Waals surface area contributed by atoms with Gasteiger partial charge >= 0.3 is 0 Å². The normalized spacial score (nSPS) is 11.4. The van der Waals surface area contributed by atoms with E-state index in [1.165, 1.54) is 0 Å². The van der Waals surface area contributed by atoms with E-state index < -0.39 is 0 Å². The van der Waals surface area contributed by atoms with Gasteiger partial charge in [-0.05, 0) is 30.7 Å². The van der Waals surface area contributed by atoms with E-state index in [-0.39, 0.29) is 24.7 Å². The molecule has 0 saturated heterocycles. The van der Waals surface area contributed by atoms with Crippen molar-refractivity contribution in [1.82, 2.24) is 10.4 Å². The number of H-pyrrole nitrogens is 1. The van der Waals surface area contributed by atoms with Crippen molar-refractivity contribution in [2.75, 3.05) is 5.32 Å². The Labute approximate surface area is 161 Å². The van der Waals surface area contributed by atoms with Gasteiger partial charge in [0.25, 0.3) is 0 Å². The van der Waals surface area contributed by atoms with Gasteiger partial charge in [0.05, 0.1) is 23.6 Å². The zero-order valence-corrected chi connectivity index (χ0v) is 15.5. The fourth-order valence-electron chi connectivity index (χ4n) is 2.68. The molecule has 138 valence electrons. The van der Waals surface area contributed by atoms with Crippen LogP contribution in [0, 0.1) is 0 Å². The summed E-state index contributed by atoms with van der Waals surface area (Å²) in [4.78, 5) is 27.3. The summed E-state index contributed by atoms with van der Waals surface area (Å²) in [5, 5.41) is 8.19. The molecule has 3 rings (SSSR count). The third kappa shape index (κ3) is 4.95. The van der Waals surface area contributed by atoms with Gasteiger partial charge in [-0.2, -0.15) is 5.10 Å². The number of hydrogen-bond acceptors (Lipinski definition) is 3. The van der Waals surface area contributed by atoms with Crippen LogP contribution in [-0.4, -0.2) is 22.5 Å². The van der Waals surface area contributed by atoms with Crippen molar-refractivity contribution in [2.24, 2.45) is 5.10 Å². The van der Waals surface area contributed by atoms with Gasteiger partial charge in [0.1, 0.15) is 0 Å². The Morgan fingerprint density at radius 2 is 1.81 bits per heavy atom. The van der Waals surface area contributed by atoms with Crippen molar-refractivity contribution in [3.63, 3.8) is 0 Å². The van der Waals surface area contributed by atoms with Crippen LogP contribution < -0.4 is 10.7 Å². The van der Waals surface area contributed by atoms with Crippen LogP contribution in [0.5, 0.6) is 0 Å². The first-order valence-corrected chi connectivity index (χ1v) is 8.82. The lowest BCUT2D eigenvalue weighted by Crippen LogP contribution is -2.22. The number of halogens is 1. The van der Waals surface area contributed by atoms with Gasteiger partial charge in [-0.3, -0.25) is 9.59 Å². The number of aromatic nitrogens is 1. The highest BCUT2D eigenvalue weighted by atomic mass is 35.5. The molecule has 1 aromatic heterocycles. The third-order valence-corrected chi connectivity index (χ3v) is 4.29. The van der Waals surface area contributed by atoms with Gasteiger partial charge < -0.3 is 10.3 Å². The smallest absolute Gasteiger partial charge is 0.244 e. The molecule has 27 heavy (non-hydrogen) atoms. The van der Waals surface area contributed by atoms with Gasteiger partial charge in [-0.15, -0.1) is 0 Å². The minimum absolute atomic E-state index is 0.0542. The molecule has 0 atom stereocenters. The fourth-order valence-corrected chi connectivity index (χ4v) is 2.86. The Hall–Kier alpha value is -3.12. The first-order valence-electron chi connectivity index (χ1n) is 8.44. The number of para-hydroxylation sites is 2. The lowest BCUT2D eigenvalue weighted by molar-refractivity contribution is -0.120. The number of anilines is 1. The quantitative estimate of drug-likeness (QED) is 0.446. The first kappa shape index (κ1) is 18.7. The fraction of sp³-hybridized carbons (Fsp3) is 0.150. The van der Waals surface area contributed by atoms with Crippen molar-refractivity contribution < 1.29 is 9.59 Å². The van der Waals surface area contributed by atoms with E-state index >= 15 is 0 Å². The maximum absolute atomic E-state index is 12.1. The molecule has 2 amide bonds. The van der Waals surface area contributed by atoms with Gasteiger partial charge in [0.2, 0.25) is 11.8 Å². The Balaban J connectivity index is 1.53. The maximum Gasteiger partial charge on any atom is 0.244 e. The van der Waals surface area contributed by atoms with Crippen molar-refractivity contribution in [1.29, 1.82) is 0 Å². The lowest BCUT2D eigenvalue weighted by Gasteiger charge is -2.07. The number of nitrogens with zero attached hydrogens (tertiary/aromatic N) is 1. The summed E-state index contributed by atoms with van der Waals surface area (Å²) in [6, 6.07) is 14.8. The van der Waals surface area contributed by atoms with E-state index in [1.54, 1.807) is 31.2 Å². The number of carbonyl (C=O) groups is 2. The molecule has 0 spiro atoms. The largest absolute Gasteiger partial charge is 0.361 e. The monoisotopic (exact) mass is 382 g/mol. The average molecular weight is 383 g/mol. The zero-order chi connectivity index (χ0) is 19.2. The van der Waals surface area contributed by atoms with Crippen LogP contribution in [-0.2, 0) is 16.0 Å². The summed E-state index contributed by atoms with van der Waals surface area (Å²) >= 11 is 6.01. The summed E-state index contributed by atoms with van der Waals surface area (Å²) in [5.74, 6) is -0.499. The number of amides is 2. The Morgan fingerprint density at radius 1 is 1.07 bits per heavy atom. The Bertz CT molecular complexity index is 1010. The SMILES string of the molecule is C/C(CC(=O)Nc1ccccc1Cl)=N\NC(=O)Cc1c[nH]c2ccccc12. The van der Waals surface area contributed by atoms with Gasteiger partial charge in [0, 0.05) is 22.8 Å². The standard InChI is InChI=1S/C20H19ClN4O2/c1-13(10-19(26)23-18-9-5-3-7-16(18)21)24-25-20(27)11-14-12-22-17-8-4-2-6-15(14)17/h2-9,12,22H,10-11H2,1H3,(H,23,26)(H,25,27)/b24-13+. The van der Waals surface area contributed by atoms with Gasteiger partial charge in [-0.25, -0.2) is 5.43 Å². The van der Waals surface area contributed by atoms with Crippen LogP contribution in [0.15, 0.2) is 59.8 Å². The third-order valence-electron chi connectivity index (χ3n) is 3.96. The number of hydrazone groups is 1. The maximum atomic E-state index is 12.1. The molecule has 0 fully saturated rings. The van der Waals surface area contributed by atoms with Gasteiger partial charge in [0.15, 0.2) is 0 Å². The molecular weight excluding hydrogens is 364 g/mol. The van der Waals surface area contributed by atoms with Crippen LogP contribution in [0.3, 0.4) is 0 Å². The summed E-state index contributed by atoms with van der Waals surface area (Å²) in [5.41, 5.74) is 5.41. The van der Waals surface area contributed by atoms with E-state index in [0.717, 1.165) is 16.5 Å². The van der Waals surface area contributed by atoms with Crippen LogP contribution >= 0.6 is 11.6 Å². The zero-order valence-electron chi connectivity index (χ0n) is 14.8. The second-order valence-electron chi connectivity index (χ2n) is 6.12. The highest BCUT2D eigenvalue weighted by molar-refractivity contribution is 6.33.